The Kier molecular flexibility index (Phi) is 7.56. The molecule has 2 unspecified atom stereocenters. The van der Waals surface area contributed by atoms with Crippen LogP contribution in [0.4, 0.5) is 5.69 Å². The molecule has 0 radical (unpaired) electrons. The van der Waals surface area contributed by atoms with E-state index in [1.807, 2.05) is 0 Å². The van der Waals surface area contributed by atoms with Crippen LogP contribution in [0.3, 0.4) is 0 Å². The maximum absolute atomic E-state index is 6.04. The molecule has 0 spiro atoms. The van der Waals surface area contributed by atoms with Crippen molar-refractivity contribution < 1.29 is 4.74 Å². The molecule has 1 aromatic carbocycles. The zero-order valence-corrected chi connectivity index (χ0v) is 14.6. The predicted molar refractivity (Wildman–Crippen MR) is 90.5 cm³/mol. The Labute approximate surface area is 131 Å². The van der Waals surface area contributed by atoms with Crippen molar-refractivity contribution in [2.24, 2.45) is 5.73 Å². The van der Waals surface area contributed by atoms with Gasteiger partial charge in [0.25, 0.3) is 0 Å². The smallest absolute Gasteiger partial charge is 0.0663 e. The highest BCUT2D eigenvalue weighted by Crippen LogP contribution is 2.26. The van der Waals surface area contributed by atoms with Crippen molar-refractivity contribution in [1.82, 2.24) is 0 Å². The molecule has 2 atom stereocenters. The highest BCUT2D eigenvalue weighted by Gasteiger charge is 2.14. The third-order valence-corrected chi connectivity index (χ3v) is 4.39. The van der Waals surface area contributed by atoms with Crippen LogP contribution in [-0.4, -0.2) is 32.3 Å². The van der Waals surface area contributed by atoms with Gasteiger partial charge in [-0.3, -0.25) is 0 Å². The standard InChI is InChI=1S/C16H27BrN2O/c1-5-14(18)9-13-7-8-15(10-16(13)17)19(6-2)12(3)11-20-4/h7-8,10,12,14H,5-6,9,11,18H2,1-4H3. The largest absolute Gasteiger partial charge is 0.383 e. The number of benzene rings is 1. The SMILES string of the molecule is CCC(N)Cc1ccc(N(CC)C(C)COC)cc1Br. The minimum Gasteiger partial charge on any atom is -0.383 e. The molecule has 0 fully saturated rings. The minimum absolute atomic E-state index is 0.229. The van der Waals surface area contributed by atoms with E-state index in [4.69, 9.17) is 10.5 Å². The van der Waals surface area contributed by atoms with Crippen LogP contribution in [0.5, 0.6) is 0 Å². The number of hydrogen-bond donors (Lipinski definition) is 1. The number of nitrogens with zero attached hydrogens (tertiary/aromatic N) is 1. The van der Waals surface area contributed by atoms with Crippen LogP contribution in [0, 0.1) is 0 Å². The highest BCUT2D eigenvalue weighted by molar-refractivity contribution is 9.10. The van der Waals surface area contributed by atoms with E-state index in [0.717, 1.165) is 30.5 Å². The van der Waals surface area contributed by atoms with Crippen LogP contribution in [0.15, 0.2) is 22.7 Å². The predicted octanol–water partition coefficient (Wildman–Crippen LogP) is 3.59. The first-order valence-electron chi connectivity index (χ1n) is 7.33. The molecule has 1 aromatic rings. The van der Waals surface area contributed by atoms with E-state index in [9.17, 15) is 0 Å². The van der Waals surface area contributed by atoms with Gasteiger partial charge in [-0.15, -0.1) is 0 Å². The van der Waals surface area contributed by atoms with Crippen LogP contribution in [0.1, 0.15) is 32.8 Å². The molecule has 0 aliphatic carbocycles. The summed E-state index contributed by atoms with van der Waals surface area (Å²) in [6.07, 6.45) is 1.91. The second kappa shape index (κ2) is 8.65. The molecule has 114 valence electrons. The van der Waals surface area contributed by atoms with Crippen LogP contribution < -0.4 is 10.6 Å². The average Bonchev–Trinajstić information content (AvgIpc) is 2.42. The van der Waals surface area contributed by atoms with Gasteiger partial charge in [0.15, 0.2) is 0 Å². The number of hydrogen-bond acceptors (Lipinski definition) is 3. The minimum atomic E-state index is 0.229. The van der Waals surface area contributed by atoms with Crippen molar-refractivity contribution in [2.75, 3.05) is 25.2 Å². The number of halogens is 1. The second-order valence-electron chi connectivity index (χ2n) is 5.24. The molecule has 0 aliphatic rings. The summed E-state index contributed by atoms with van der Waals surface area (Å²) in [5, 5.41) is 0. The molecule has 1 rings (SSSR count). The number of methoxy groups -OCH3 is 1. The van der Waals surface area contributed by atoms with E-state index in [-0.39, 0.29) is 6.04 Å². The number of rotatable bonds is 8. The van der Waals surface area contributed by atoms with E-state index in [2.05, 4.69) is 59.8 Å². The molecule has 3 nitrogen and oxygen atoms in total. The Morgan fingerprint density at radius 1 is 1.35 bits per heavy atom. The average molecular weight is 343 g/mol. The molecule has 0 saturated heterocycles. The quantitative estimate of drug-likeness (QED) is 0.784. The van der Waals surface area contributed by atoms with E-state index in [0.29, 0.717) is 6.04 Å². The van der Waals surface area contributed by atoms with Gasteiger partial charge < -0.3 is 15.4 Å². The Bertz CT molecular complexity index is 411. The Hall–Kier alpha value is -0.580. The van der Waals surface area contributed by atoms with Gasteiger partial charge in [0, 0.05) is 35.9 Å². The van der Waals surface area contributed by atoms with Gasteiger partial charge >= 0.3 is 0 Å². The molecule has 0 bridgehead atoms. The van der Waals surface area contributed by atoms with Crippen LogP contribution >= 0.6 is 15.9 Å². The topological polar surface area (TPSA) is 38.5 Å². The Morgan fingerprint density at radius 3 is 2.55 bits per heavy atom. The molecule has 4 heteroatoms. The Balaban J connectivity index is 2.89. The van der Waals surface area contributed by atoms with Crippen molar-refractivity contribution >= 4 is 21.6 Å². The summed E-state index contributed by atoms with van der Waals surface area (Å²) in [5.74, 6) is 0. The lowest BCUT2D eigenvalue weighted by atomic mass is 10.0. The summed E-state index contributed by atoms with van der Waals surface area (Å²) < 4.78 is 6.40. The maximum atomic E-state index is 6.04. The van der Waals surface area contributed by atoms with Gasteiger partial charge in [0.1, 0.15) is 0 Å². The van der Waals surface area contributed by atoms with Gasteiger partial charge in [-0.1, -0.05) is 28.9 Å². The van der Waals surface area contributed by atoms with Gasteiger partial charge in [-0.25, -0.2) is 0 Å². The lowest BCUT2D eigenvalue weighted by Gasteiger charge is -2.30. The summed E-state index contributed by atoms with van der Waals surface area (Å²) in [7, 11) is 1.75. The lowest BCUT2D eigenvalue weighted by molar-refractivity contribution is 0.182. The van der Waals surface area contributed by atoms with Crippen molar-refractivity contribution in [3.63, 3.8) is 0 Å². The fourth-order valence-electron chi connectivity index (χ4n) is 2.39. The van der Waals surface area contributed by atoms with Crippen LogP contribution in [-0.2, 0) is 11.2 Å². The number of nitrogens with two attached hydrogens (primary N) is 1. The third kappa shape index (κ3) is 4.76. The summed E-state index contributed by atoms with van der Waals surface area (Å²) in [6.45, 7) is 8.17. The molecule has 0 heterocycles. The molecule has 0 aliphatic heterocycles. The van der Waals surface area contributed by atoms with Crippen molar-refractivity contribution in [3.05, 3.63) is 28.2 Å². The monoisotopic (exact) mass is 342 g/mol. The fraction of sp³-hybridized carbons (Fsp3) is 0.625. The molecular formula is C16H27BrN2O. The summed E-state index contributed by atoms with van der Waals surface area (Å²) in [4.78, 5) is 2.35. The summed E-state index contributed by atoms with van der Waals surface area (Å²) >= 11 is 3.68. The molecule has 0 aromatic heterocycles. The first-order valence-corrected chi connectivity index (χ1v) is 8.12. The summed E-state index contributed by atoms with van der Waals surface area (Å²) in [5.41, 5.74) is 8.53. The number of likely N-dealkylation sites (N-methyl/N-ethyl adjacent to an activating group) is 1. The zero-order chi connectivity index (χ0) is 15.1. The fourth-order valence-corrected chi connectivity index (χ4v) is 2.92. The molecule has 20 heavy (non-hydrogen) atoms. The van der Waals surface area contributed by atoms with Gasteiger partial charge in [-0.2, -0.15) is 0 Å². The first-order chi connectivity index (χ1) is 9.53. The van der Waals surface area contributed by atoms with Crippen molar-refractivity contribution in [2.45, 2.75) is 45.7 Å². The van der Waals surface area contributed by atoms with E-state index < -0.39 is 0 Å². The lowest BCUT2D eigenvalue weighted by Crippen LogP contribution is -2.36. The molecule has 2 N–H and O–H groups in total. The van der Waals surface area contributed by atoms with Crippen molar-refractivity contribution in [3.8, 4) is 0 Å². The normalized spacial score (nSPS) is 14.1. The van der Waals surface area contributed by atoms with Gasteiger partial charge in [0.05, 0.1) is 6.61 Å². The third-order valence-electron chi connectivity index (χ3n) is 3.66. The van der Waals surface area contributed by atoms with Crippen LogP contribution in [0.25, 0.3) is 0 Å². The second-order valence-corrected chi connectivity index (χ2v) is 6.09. The van der Waals surface area contributed by atoms with E-state index >= 15 is 0 Å². The highest BCUT2D eigenvalue weighted by atomic mass is 79.9. The maximum Gasteiger partial charge on any atom is 0.0663 e. The zero-order valence-electron chi connectivity index (χ0n) is 13.0. The molecule has 0 saturated carbocycles. The van der Waals surface area contributed by atoms with Crippen LogP contribution in [0.2, 0.25) is 0 Å². The molecule has 0 amide bonds. The van der Waals surface area contributed by atoms with E-state index in [1.54, 1.807) is 7.11 Å². The first kappa shape index (κ1) is 17.5. The molecular weight excluding hydrogens is 316 g/mol. The van der Waals surface area contributed by atoms with E-state index in [1.165, 1.54) is 11.3 Å². The van der Waals surface area contributed by atoms with Gasteiger partial charge in [0.2, 0.25) is 0 Å². The summed E-state index contributed by atoms with van der Waals surface area (Å²) in [6, 6.07) is 7.13. The van der Waals surface area contributed by atoms with Crippen molar-refractivity contribution in [1.29, 1.82) is 0 Å². The Morgan fingerprint density at radius 2 is 2.05 bits per heavy atom. The number of ether oxygens (including phenoxy) is 1. The number of anilines is 1. The van der Waals surface area contributed by atoms with Gasteiger partial charge in [-0.05, 0) is 44.4 Å².